The van der Waals surface area contributed by atoms with Crippen LogP contribution in [0.2, 0.25) is 0 Å². The van der Waals surface area contributed by atoms with Crippen LogP contribution in [0.5, 0.6) is 0 Å². The summed E-state index contributed by atoms with van der Waals surface area (Å²) in [6.45, 7) is 7.86. The van der Waals surface area contributed by atoms with Gasteiger partial charge in [0.2, 0.25) is 17.7 Å². The van der Waals surface area contributed by atoms with Crippen molar-refractivity contribution in [2.45, 2.75) is 44.0 Å². The zero-order valence-electron chi connectivity index (χ0n) is 15.1. The predicted molar refractivity (Wildman–Crippen MR) is 97.1 cm³/mol. The molecule has 0 bridgehead atoms. The molecule has 1 N–H and O–H groups in total. The van der Waals surface area contributed by atoms with Crippen LogP contribution in [-0.4, -0.2) is 88.4 Å². The molecule has 3 amide bonds. The summed E-state index contributed by atoms with van der Waals surface area (Å²) in [5.74, 6) is 0.915. The molecule has 140 valence electrons. The lowest BCUT2D eigenvalue weighted by molar-refractivity contribution is -0.143. The van der Waals surface area contributed by atoms with Crippen LogP contribution < -0.4 is 5.32 Å². The largest absolute Gasteiger partial charge is 0.355 e. The summed E-state index contributed by atoms with van der Waals surface area (Å²) in [5, 5.41) is 2.82. The van der Waals surface area contributed by atoms with E-state index in [1.807, 2.05) is 16.7 Å². The van der Waals surface area contributed by atoms with Gasteiger partial charge in [-0.2, -0.15) is 0 Å². The molecule has 0 saturated carbocycles. The smallest absolute Gasteiger partial charge is 0.246 e. The van der Waals surface area contributed by atoms with Crippen LogP contribution in [0.3, 0.4) is 0 Å². The van der Waals surface area contributed by atoms with E-state index in [4.69, 9.17) is 0 Å². The SMILES string of the molecule is CCNC(=O)CN1CCCN(C(=O)C2CSC3(C)CCC(=O)N23)CC1. The Morgan fingerprint density at radius 2 is 2.08 bits per heavy atom. The second-order valence-corrected chi connectivity index (χ2v) is 8.68. The first kappa shape index (κ1) is 18.5. The quantitative estimate of drug-likeness (QED) is 0.763. The maximum atomic E-state index is 13.0. The first-order valence-corrected chi connectivity index (χ1v) is 10.2. The van der Waals surface area contributed by atoms with Gasteiger partial charge in [-0.15, -0.1) is 11.8 Å². The fraction of sp³-hybridized carbons (Fsp3) is 0.824. The first-order chi connectivity index (χ1) is 11.9. The summed E-state index contributed by atoms with van der Waals surface area (Å²) in [7, 11) is 0. The highest BCUT2D eigenvalue weighted by molar-refractivity contribution is 8.01. The molecule has 2 unspecified atom stereocenters. The van der Waals surface area contributed by atoms with Crippen molar-refractivity contribution in [1.29, 1.82) is 0 Å². The predicted octanol–water partition coefficient (Wildman–Crippen LogP) is 0.111. The minimum Gasteiger partial charge on any atom is -0.355 e. The summed E-state index contributed by atoms with van der Waals surface area (Å²) < 4.78 is 0. The number of rotatable bonds is 4. The Balaban J connectivity index is 1.58. The van der Waals surface area contributed by atoms with E-state index >= 15 is 0 Å². The van der Waals surface area contributed by atoms with Crippen molar-refractivity contribution in [3.8, 4) is 0 Å². The molecule has 3 fully saturated rings. The van der Waals surface area contributed by atoms with Crippen molar-refractivity contribution >= 4 is 29.5 Å². The number of hydrogen-bond acceptors (Lipinski definition) is 5. The van der Waals surface area contributed by atoms with Crippen molar-refractivity contribution in [1.82, 2.24) is 20.0 Å². The molecule has 3 saturated heterocycles. The zero-order valence-corrected chi connectivity index (χ0v) is 15.9. The van der Waals surface area contributed by atoms with Crippen molar-refractivity contribution in [2.75, 3.05) is 45.0 Å². The second-order valence-electron chi connectivity index (χ2n) is 7.17. The van der Waals surface area contributed by atoms with Gasteiger partial charge in [0, 0.05) is 44.9 Å². The average molecular weight is 369 g/mol. The maximum Gasteiger partial charge on any atom is 0.246 e. The minimum absolute atomic E-state index is 0.0351. The number of hydrogen-bond donors (Lipinski definition) is 1. The lowest BCUT2D eigenvalue weighted by Gasteiger charge is -2.32. The third-order valence-corrected chi connectivity index (χ3v) is 6.88. The van der Waals surface area contributed by atoms with Gasteiger partial charge in [0.15, 0.2) is 0 Å². The van der Waals surface area contributed by atoms with Crippen LogP contribution in [0.1, 0.15) is 33.1 Å². The van der Waals surface area contributed by atoms with Crippen LogP contribution >= 0.6 is 11.8 Å². The van der Waals surface area contributed by atoms with Gasteiger partial charge in [-0.1, -0.05) is 0 Å². The zero-order chi connectivity index (χ0) is 18.0. The van der Waals surface area contributed by atoms with Gasteiger partial charge in [-0.25, -0.2) is 0 Å². The molecule has 3 aliphatic heterocycles. The fourth-order valence-corrected chi connectivity index (χ4v) is 5.44. The number of likely N-dealkylation sites (N-methyl/N-ethyl adjacent to an activating group) is 1. The van der Waals surface area contributed by atoms with Crippen LogP contribution in [0, 0.1) is 0 Å². The van der Waals surface area contributed by atoms with E-state index in [0.29, 0.717) is 44.9 Å². The van der Waals surface area contributed by atoms with E-state index in [1.165, 1.54) is 0 Å². The highest BCUT2D eigenvalue weighted by Gasteiger charge is 2.53. The summed E-state index contributed by atoms with van der Waals surface area (Å²) in [4.78, 5) is 42.7. The lowest BCUT2D eigenvalue weighted by atomic mass is 10.2. The molecule has 0 aromatic carbocycles. The normalized spacial score (nSPS) is 30.3. The molecule has 2 atom stereocenters. The van der Waals surface area contributed by atoms with E-state index in [0.717, 1.165) is 19.4 Å². The van der Waals surface area contributed by atoms with Crippen LogP contribution in [0.15, 0.2) is 0 Å². The van der Waals surface area contributed by atoms with Gasteiger partial charge in [0.1, 0.15) is 6.04 Å². The van der Waals surface area contributed by atoms with Crippen LogP contribution in [0.25, 0.3) is 0 Å². The fourth-order valence-electron chi connectivity index (χ4n) is 4.02. The molecule has 3 aliphatic rings. The summed E-state index contributed by atoms with van der Waals surface area (Å²) >= 11 is 1.73. The molecule has 3 heterocycles. The van der Waals surface area contributed by atoms with E-state index in [1.54, 1.807) is 11.8 Å². The summed E-state index contributed by atoms with van der Waals surface area (Å²) in [6.07, 6.45) is 2.24. The molecule has 0 spiro atoms. The van der Waals surface area contributed by atoms with Crippen LogP contribution in [0.4, 0.5) is 0 Å². The minimum atomic E-state index is -0.319. The van der Waals surface area contributed by atoms with Gasteiger partial charge in [-0.05, 0) is 26.7 Å². The Morgan fingerprint density at radius 1 is 1.28 bits per heavy atom. The molecule has 3 rings (SSSR count). The molecule has 8 heteroatoms. The highest BCUT2D eigenvalue weighted by Crippen LogP contribution is 2.47. The Hall–Kier alpha value is -1.28. The Kier molecular flexibility index (Phi) is 5.58. The summed E-state index contributed by atoms with van der Waals surface area (Å²) in [5.41, 5.74) is 0. The first-order valence-electron chi connectivity index (χ1n) is 9.18. The monoisotopic (exact) mass is 368 g/mol. The number of amides is 3. The van der Waals surface area contributed by atoms with Crippen molar-refractivity contribution in [3.63, 3.8) is 0 Å². The second kappa shape index (κ2) is 7.53. The third-order valence-electron chi connectivity index (χ3n) is 5.37. The van der Waals surface area contributed by atoms with Crippen molar-refractivity contribution in [3.05, 3.63) is 0 Å². The molecule has 25 heavy (non-hydrogen) atoms. The lowest BCUT2D eigenvalue weighted by Crippen LogP contribution is -2.52. The Bertz CT molecular complexity index is 558. The topological polar surface area (TPSA) is 73.0 Å². The van der Waals surface area contributed by atoms with E-state index in [2.05, 4.69) is 17.1 Å². The van der Waals surface area contributed by atoms with Gasteiger partial charge < -0.3 is 15.1 Å². The standard InChI is InChI=1S/C17H28N4O3S/c1-3-18-14(22)11-19-7-4-8-20(10-9-19)16(24)13-12-25-17(2)6-5-15(23)21(13)17/h13H,3-12H2,1-2H3,(H,18,22). The third kappa shape index (κ3) is 3.79. The molecular weight excluding hydrogens is 340 g/mol. The number of carbonyl (C=O) groups excluding carboxylic acids is 3. The molecule has 0 aromatic heterocycles. The molecule has 0 radical (unpaired) electrons. The van der Waals surface area contributed by atoms with Gasteiger partial charge in [0.05, 0.1) is 11.4 Å². The molecular formula is C17H28N4O3S. The van der Waals surface area contributed by atoms with Gasteiger partial charge in [0.25, 0.3) is 0 Å². The number of carbonyl (C=O) groups is 3. The van der Waals surface area contributed by atoms with E-state index in [-0.39, 0.29) is 28.6 Å². The van der Waals surface area contributed by atoms with E-state index < -0.39 is 0 Å². The highest BCUT2D eigenvalue weighted by atomic mass is 32.2. The van der Waals surface area contributed by atoms with Gasteiger partial charge in [-0.3, -0.25) is 19.3 Å². The van der Waals surface area contributed by atoms with Crippen LogP contribution in [-0.2, 0) is 14.4 Å². The van der Waals surface area contributed by atoms with Crippen molar-refractivity contribution < 1.29 is 14.4 Å². The van der Waals surface area contributed by atoms with Crippen molar-refractivity contribution in [2.24, 2.45) is 0 Å². The summed E-state index contributed by atoms with van der Waals surface area (Å²) in [6, 6.07) is -0.319. The number of thioether (sulfide) groups is 1. The molecule has 7 nitrogen and oxygen atoms in total. The number of nitrogens with zero attached hydrogens (tertiary/aromatic N) is 3. The molecule has 0 aromatic rings. The van der Waals surface area contributed by atoms with Gasteiger partial charge >= 0.3 is 0 Å². The molecule has 0 aliphatic carbocycles. The number of fused-ring (bicyclic) bond motifs is 1. The number of nitrogens with one attached hydrogen (secondary N) is 1. The average Bonchev–Trinajstić information content (AvgIpc) is 2.94. The Morgan fingerprint density at radius 3 is 2.84 bits per heavy atom. The Labute approximate surface area is 153 Å². The van der Waals surface area contributed by atoms with E-state index in [9.17, 15) is 14.4 Å². The maximum absolute atomic E-state index is 13.0.